The van der Waals surface area contributed by atoms with Crippen LogP contribution in [0.3, 0.4) is 0 Å². The Labute approximate surface area is 106 Å². The minimum atomic E-state index is 0.565. The molecule has 1 aromatic carbocycles. The van der Waals surface area contributed by atoms with Crippen LogP contribution in [0.15, 0.2) is 30.5 Å². The van der Waals surface area contributed by atoms with Crippen LogP contribution in [0.5, 0.6) is 0 Å². The van der Waals surface area contributed by atoms with E-state index >= 15 is 0 Å². The highest BCUT2D eigenvalue weighted by Gasteiger charge is 2.08. The van der Waals surface area contributed by atoms with Gasteiger partial charge in [0.25, 0.3) is 0 Å². The van der Waals surface area contributed by atoms with Gasteiger partial charge in [-0.25, -0.2) is 4.98 Å². The van der Waals surface area contributed by atoms with Crippen LogP contribution in [0.25, 0.3) is 0 Å². The lowest BCUT2D eigenvalue weighted by molar-refractivity contribution is 0.906. The molecule has 0 bridgehead atoms. The van der Waals surface area contributed by atoms with Crippen molar-refractivity contribution in [1.29, 1.82) is 0 Å². The first-order chi connectivity index (χ1) is 8.20. The molecule has 1 heterocycles. The molecule has 0 saturated heterocycles. The van der Waals surface area contributed by atoms with Crippen LogP contribution in [0.1, 0.15) is 16.0 Å². The maximum absolute atomic E-state index is 5.59. The Morgan fingerprint density at radius 1 is 1.35 bits per heavy atom. The van der Waals surface area contributed by atoms with E-state index in [0.717, 1.165) is 16.6 Å². The van der Waals surface area contributed by atoms with Crippen LogP contribution in [0, 0.1) is 6.92 Å². The third kappa shape index (κ3) is 2.84. The monoisotopic (exact) mass is 247 g/mol. The zero-order chi connectivity index (χ0) is 12.3. The molecule has 2 aromatic rings. The van der Waals surface area contributed by atoms with Gasteiger partial charge >= 0.3 is 0 Å². The molecule has 1 aromatic heterocycles. The minimum Gasteiger partial charge on any atom is -0.347 e. The highest BCUT2D eigenvalue weighted by Crippen LogP contribution is 2.23. The Hall–Kier alpha value is -1.39. The quantitative estimate of drug-likeness (QED) is 0.903. The van der Waals surface area contributed by atoms with E-state index in [9.17, 15) is 0 Å². The maximum Gasteiger partial charge on any atom is 0.185 e. The van der Waals surface area contributed by atoms with Crippen LogP contribution in [-0.2, 0) is 13.1 Å². The van der Waals surface area contributed by atoms with Crippen molar-refractivity contribution < 1.29 is 0 Å². The summed E-state index contributed by atoms with van der Waals surface area (Å²) in [6.45, 7) is 3.58. The van der Waals surface area contributed by atoms with E-state index in [-0.39, 0.29) is 0 Å². The number of nitrogens with zero attached hydrogens (tertiary/aromatic N) is 2. The van der Waals surface area contributed by atoms with Gasteiger partial charge in [0.1, 0.15) is 0 Å². The van der Waals surface area contributed by atoms with Crippen molar-refractivity contribution in [3.63, 3.8) is 0 Å². The zero-order valence-electron chi connectivity index (χ0n) is 10.2. The molecule has 0 aliphatic rings. The number of aryl methyl sites for hydroxylation is 1. The molecule has 0 amide bonds. The Morgan fingerprint density at radius 2 is 2.12 bits per heavy atom. The number of rotatable bonds is 4. The van der Waals surface area contributed by atoms with Gasteiger partial charge in [0.05, 0.1) is 0 Å². The fourth-order valence-electron chi connectivity index (χ4n) is 1.68. The highest BCUT2D eigenvalue weighted by molar-refractivity contribution is 7.15. The zero-order valence-corrected chi connectivity index (χ0v) is 11.0. The Morgan fingerprint density at radius 3 is 2.76 bits per heavy atom. The van der Waals surface area contributed by atoms with Crippen LogP contribution in [-0.4, -0.2) is 12.0 Å². The summed E-state index contributed by atoms with van der Waals surface area (Å²) < 4.78 is 0. The van der Waals surface area contributed by atoms with E-state index in [1.165, 1.54) is 11.1 Å². The average Bonchev–Trinajstić information content (AvgIpc) is 2.81. The first-order valence-corrected chi connectivity index (χ1v) is 6.42. The normalized spacial score (nSPS) is 10.5. The summed E-state index contributed by atoms with van der Waals surface area (Å²) in [6, 6.07) is 8.43. The fraction of sp³-hybridized carbons (Fsp3) is 0.308. The third-order valence-electron chi connectivity index (χ3n) is 2.74. The van der Waals surface area contributed by atoms with E-state index in [4.69, 9.17) is 5.73 Å². The third-order valence-corrected chi connectivity index (χ3v) is 3.87. The number of thiazole rings is 1. The summed E-state index contributed by atoms with van der Waals surface area (Å²) in [5.41, 5.74) is 8.24. The standard InChI is InChI=1S/C13H17N3S/c1-10-5-3-4-6-11(10)9-16(2)13-15-8-12(7-14)17-13/h3-6,8H,7,9,14H2,1-2H3. The van der Waals surface area contributed by atoms with Crippen LogP contribution >= 0.6 is 11.3 Å². The van der Waals surface area contributed by atoms with Crippen molar-refractivity contribution >= 4 is 16.5 Å². The molecule has 0 radical (unpaired) electrons. The van der Waals surface area contributed by atoms with E-state index < -0.39 is 0 Å². The molecule has 17 heavy (non-hydrogen) atoms. The summed E-state index contributed by atoms with van der Waals surface area (Å²) in [6.07, 6.45) is 1.86. The SMILES string of the molecule is Cc1ccccc1CN(C)c1ncc(CN)s1. The van der Waals surface area contributed by atoms with Gasteiger partial charge in [0.15, 0.2) is 5.13 Å². The Balaban J connectivity index is 2.11. The van der Waals surface area contributed by atoms with E-state index in [0.29, 0.717) is 6.54 Å². The summed E-state index contributed by atoms with van der Waals surface area (Å²) in [4.78, 5) is 7.66. The molecule has 90 valence electrons. The van der Waals surface area contributed by atoms with E-state index in [1.807, 2.05) is 6.20 Å². The molecule has 0 aliphatic carbocycles. The van der Waals surface area contributed by atoms with Gasteiger partial charge < -0.3 is 10.6 Å². The fourth-order valence-corrected chi connectivity index (χ4v) is 2.43. The predicted molar refractivity (Wildman–Crippen MR) is 73.3 cm³/mol. The second-order valence-corrected chi connectivity index (χ2v) is 5.19. The number of benzene rings is 1. The topological polar surface area (TPSA) is 42.2 Å². The number of hydrogen-bond acceptors (Lipinski definition) is 4. The van der Waals surface area contributed by atoms with Crippen LogP contribution in [0.2, 0.25) is 0 Å². The lowest BCUT2D eigenvalue weighted by atomic mass is 10.1. The maximum atomic E-state index is 5.59. The second kappa shape index (κ2) is 5.29. The second-order valence-electron chi connectivity index (χ2n) is 4.10. The molecule has 3 nitrogen and oxygen atoms in total. The van der Waals surface area contributed by atoms with Crippen molar-refractivity contribution in [3.05, 3.63) is 46.5 Å². The predicted octanol–water partition coefficient (Wildman–Crippen LogP) is 2.55. The summed E-state index contributed by atoms with van der Waals surface area (Å²) in [5.74, 6) is 0. The smallest absolute Gasteiger partial charge is 0.185 e. The molecule has 0 spiro atoms. The minimum absolute atomic E-state index is 0.565. The van der Waals surface area contributed by atoms with Gasteiger partial charge in [-0.1, -0.05) is 24.3 Å². The summed E-state index contributed by atoms with van der Waals surface area (Å²) in [7, 11) is 2.06. The van der Waals surface area contributed by atoms with Gasteiger partial charge in [0, 0.05) is 31.2 Å². The molecular formula is C13H17N3S. The molecular weight excluding hydrogens is 230 g/mol. The van der Waals surface area contributed by atoms with Crippen molar-refractivity contribution in [1.82, 2.24) is 4.98 Å². The van der Waals surface area contributed by atoms with Gasteiger partial charge in [-0.05, 0) is 18.1 Å². The van der Waals surface area contributed by atoms with E-state index in [1.54, 1.807) is 11.3 Å². The van der Waals surface area contributed by atoms with Gasteiger partial charge in [-0.15, -0.1) is 11.3 Å². The Bertz CT molecular complexity index is 493. The van der Waals surface area contributed by atoms with Crippen molar-refractivity contribution in [2.24, 2.45) is 5.73 Å². The van der Waals surface area contributed by atoms with Crippen molar-refractivity contribution in [3.8, 4) is 0 Å². The van der Waals surface area contributed by atoms with Gasteiger partial charge in [-0.2, -0.15) is 0 Å². The van der Waals surface area contributed by atoms with E-state index in [2.05, 4.69) is 48.1 Å². The molecule has 0 atom stereocenters. The van der Waals surface area contributed by atoms with Crippen LogP contribution in [0.4, 0.5) is 5.13 Å². The molecule has 4 heteroatoms. The molecule has 0 saturated carbocycles. The summed E-state index contributed by atoms with van der Waals surface area (Å²) in [5, 5.41) is 1.02. The van der Waals surface area contributed by atoms with Crippen molar-refractivity contribution in [2.45, 2.75) is 20.0 Å². The number of nitrogens with two attached hydrogens (primary N) is 1. The summed E-state index contributed by atoms with van der Waals surface area (Å²) >= 11 is 1.66. The Kier molecular flexibility index (Phi) is 3.76. The molecule has 0 unspecified atom stereocenters. The first kappa shape index (κ1) is 12.1. The van der Waals surface area contributed by atoms with Crippen LogP contribution < -0.4 is 10.6 Å². The number of hydrogen-bond donors (Lipinski definition) is 1. The lowest BCUT2D eigenvalue weighted by Crippen LogP contribution is -2.16. The highest BCUT2D eigenvalue weighted by atomic mass is 32.1. The molecule has 0 fully saturated rings. The van der Waals surface area contributed by atoms with Gasteiger partial charge in [0.2, 0.25) is 0 Å². The van der Waals surface area contributed by atoms with Gasteiger partial charge in [-0.3, -0.25) is 0 Å². The lowest BCUT2D eigenvalue weighted by Gasteiger charge is -2.17. The molecule has 0 aliphatic heterocycles. The average molecular weight is 247 g/mol. The molecule has 2 N–H and O–H groups in total. The number of aromatic nitrogens is 1. The number of anilines is 1. The largest absolute Gasteiger partial charge is 0.347 e. The van der Waals surface area contributed by atoms with Crippen molar-refractivity contribution in [2.75, 3.05) is 11.9 Å². The molecule has 2 rings (SSSR count). The first-order valence-electron chi connectivity index (χ1n) is 5.61.